The molecule has 1 aliphatic rings. The van der Waals surface area contributed by atoms with Gasteiger partial charge in [0.1, 0.15) is 17.7 Å². The third kappa shape index (κ3) is 5.16. The predicted octanol–water partition coefficient (Wildman–Crippen LogP) is 4.91. The van der Waals surface area contributed by atoms with Gasteiger partial charge in [-0.3, -0.25) is 9.59 Å². The lowest BCUT2D eigenvalue weighted by atomic mass is 9.87. The zero-order chi connectivity index (χ0) is 19.2. The van der Waals surface area contributed by atoms with E-state index in [1.807, 2.05) is 12.1 Å². The highest BCUT2D eigenvalue weighted by molar-refractivity contribution is 5.75. The highest BCUT2D eigenvalue weighted by atomic mass is 19.1. The van der Waals surface area contributed by atoms with Crippen molar-refractivity contribution < 1.29 is 23.5 Å². The van der Waals surface area contributed by atoms with Crippen molar-refractivity contribution in [2.24, 2.45) is 5.92 Å². The molecule has 2 aromatic rings. The van der Waals surface area contributed by atoms with E-state index in [1.165, 1.54) is 12.1 Å². The second-order valence-corrected chi connectivity index (χ2v) is 6.77. The minimum atomic E-state index is -0.275. The first-order chi connectivity index (χ1) is 13.0. The fraction of sp³-hybridized carbons (Fsp3) is 0.364. The van der Waals surface area contributed by atoms with Gasteiger partial charge in [-0.1, -0.05) is 31.2 Å². The van der Waals surface area contributed by atoms with Gasteiger partial charge < -0.3 is 9.47 Å². The van der Waals surface area contributed by atoms with Crippen LogP contribution in [0, 0.1) is 11.7 Å². The van der Waals surface area contributed by atoms with Crippen LogP contribution < -0.4 is 4.74 Å². The molecule has 0 bridgehead atoms. The molecule has 0 heterocycles. The summed E-state index contributed by atoms with van der Waals surface area (Å²) < 4.78 is 23.8. The number of hydrogen-bond acceptors (Lipinski definition) is 4. The summed E-state index contributed by atoms with van der Waals surface area (Å²) in [5.41, 5.74) is 1.82. The van der Waals surface area contributed by atoms with Crippen molar-refractivity contribution in [1.29, 1.82) is 0 Å². The Morgan fingerprint density at radius 3 is 2.04 bits per heavy atom. The molecule has 2 aromatic carbocycles. The van der Waals surface area contributed by atoms with Crippen LogP contribution in [0.1, 0.15) is 39.0 Å². The van der Waals surface area contributed by atoms with Gasteiger partial charge in [0.2, 0.25) is 0 Å². The summed E-state index contributed by atoms with van der Waals surface area (Å²) in [4.78, 5) is 23.7. The van der Waals surface area contributed by atoms with Gasteiger partial charge in [-0.15, -0.1) is 0 Å². The van der Waals surface area contributed by atoms with Crippen LogP contribution in [-0.4, -0.2) is 18.0 Å². The summed E-state index contributed by atoms with van der Waals surface area (Å²) in [6, 6.07) is 13.4. The molecular weight excluding hydrogens is 347 g/mol. The Morgan fingerprint density at radius 2 is 1.48 bits per heavy atom. The number of hydrogen-bond donors (Lipinski definition) is 0. The molecule has 0 N–H and O–H groups in total. The average Bonchev–Trinajstić information content (AvgIpc) is 2.69. The predicted molar refractivity (Wildman–Crippen MR) is 99.6 cm³/mol. The molecule has 0 spiro atoms. The van der Waals surface area contributed by atoms with Gasteiger partial charge in [0.05, 0.1) is 5.92 Å². The van der Waals surface area contributed by atoms with Gasteiger partial charge in [-0.25, -0.2) is 4.39 Å². The van der Waals surface area contributed by atoms with Crippen molar-refractivity contribution in [3.63, 3.8) is 0 Å². The quantitative estimate of drug-likeness (QED) is 0.554. The minimum Gasteiger partial charge on any atom is -0.462 e. The lowest BCUT2D eigenvalue weighted by Gasteiger charge is -2.26. The summed E-state index contributed by atoms with van der Waals surface area (Å²) in [5.74, 6) is -0.390. The topological polar surface area (TPSA) is 52.6 Å². The zero-order valence-corrected chi connectivity index (χ0v) is 15.3. The van der Waals surface area contributed by atoms with Crippen molar-refractivity contribution in [2.45, 2.75) is 45.1 Å². The normalized spacial score (nSPS) is 19.3. The van der Waals surface area contributed by atoms with Crippen LogP contribution in [0.25, 0.3) is 11.1 Å². The van der Waals surface area contributed by atoms with Crippen LogP contribution in [0.2, 0.25) is 0 Å². The molecule has 0 saturated heterocycles. The number of halogens is 1. The minimum absolute atomic E-state index is 0.0866. The maximum atomic E-state index is 13.0. The summed E-state index contributed by atoms with van der Waals surface area (Å²) in [6.07, 6.45) is 2.99. The first-order valence-electron chi connectivity index (χ1n) is 9.32. The maximum absolute atomic E-state index is 13.0. The standard InChI is InChI=1S/C22H23FO4/c1-2-21(24)26-19-13-7-17(8-14-19)22(25)27-20-11-5-16(6-12-20)15-3-9-18(23)10-4-15/h3-6,9-12,17,19H,2,7-8,13-14H2,1H3/t17-,19-. The molecule has 0 atom stereocenters. The van der Waals surface area contributed by atoms with E-state index in [-0.39, 0.29) is 29.8 Å². The lowest BCUT2D eigenvalue weighted by molar-refractivity contribution is -0.151. The van der Waals surface area contributed by atoms with E-state index in [9.17, 15) is 14.0 Å². The summed E-state index contributed by atoms with van der Waals surface area (Å²) in [7, 11) is 0. The second kappa shape index (κ2) is 8.80. The SMILES string of the molecule is CCC(=O)O[C@H]1CC[C@H](C(=O)Oc2ccc(-c3ccc(F)cc3)cc2)CC1. The molecule has 0 aromatic heterocycles. The molecule has 1 saturated carbocycles. The number of carbonyl (C=O) groups excluding carboxylic acids is 2. The maximum Gasteiger partial charge on any atom is 0.314 e. The molecular formula is C22H23FO4. The Balaban J connectivity index is 1.52. The number of carbonyl (C=O) groups is 2. The number of ether oxygens (including phenoxy) is 2. The van der Waals surface area contributed by atoms with Gasteiger partial charge in [0.25, 0.3) is 0 Å². The fourth-order valence-corrected chi connectivity index (χ4v) is 3.24. The van der Waals surface area contributed by atoms with Crippen molar-refractivity contribution in [2.75, 3.05) is 0 Å². The Bertz CT molecular complexity index is 775. The highest BCUT2D eigenvalue weighted by Crippen LogP contribution is 2.29. The van der Waals surface area contributed by atoms with Crippen molar-refractivity contribution >= 4 is 11.9 Å². The van der Waals surface area contributed by atoms with Gasteiger partial charge in [0, 0.05) is 6.42 Å². The van der Waals surface area contributed by atoms with Crippen molar-refractivity contribution in [3.8, 4) is 16.9 Å². The molecule has 3 rings (SSSR count). The van der Waals surface area contributed by atoms with Crippen LogP contribution in [0.3, 0.4) is 0 Å². The van der Waals surface area contributed by atoms with Crippen molar-refractivity contribution in [1.82, 2.24) is 0 Å². The van der Waals surface area contributed by atoms with E-state index < -0.39 is 0 Å². The Hall–Kier alpha value is -2.69. The Kier molecular flexibility index (Phi) is 6.22. The van der Waals surface area contributed by atoms with Crippen LogP contribution in [0.5, 0.6) is 5.75 Å². The number of rotatable bonds is 5. The molecule has 5 heteroatoms. The van der Waals surface area contributed by atoms with E-state index in [4.69, 9.17) is 9.47 Å². The van der Waals surface area contributed by atoms with Crippen LogP contribution in [-0.2, 0) is 14.3 Å². The molecule has 1 aliphatic carbocycles. The van der Waals surface area contributed by atoms with Gasteiger partial charge in [-0.2, -0.15) is 0 Å². The summed E-state index contributed by atoms with van der Waals surface area (Å²) in [6.45, 7) is 1.77. The van der Waals surface area contributed by atoms with Crippen molar-refractivity contribution in [3.05, 3.63) is 54.3 Å². The van der Waals surface area contributed by atoms with E-state index in [0.29, 0.717) is 37.9 Å². The molecule has 27 heavy (non-hydrogen) atoms. The van der Waals surface area contributed by atoms with Gasteiger partial charge in [-0.05, 0) is 61.1 Å². The second-order valence-electron chi connectivity index (χ2n) is 6.77. The third-order valence-corrected chi connectivity index (χ3v) is 4.84. The van der Waals surface area contributed by atoms with E-state index >= 15 is 0 Å². The number of esters is 2. The van der Waals surface area contributed by atoms with Gasteiger partial charge in [0.15, 0.2) is 0 Å². The first-order valence-corrected chi connectivity index (χ1v) is 9.32. The molecule has 0 amide bonds. The average molecular weight is 370 g/mol. The highest BCUT2D eigenvalue weighted by Gasteiger charge is 2.29. The molecule has 0 radical (unpaired) electrons. The monoisotopic (exact) mass is 370 g/mol. The van der Waals surface area contributed by atoms with Crippen LogP contribution >= 0.6 is 0 Å². The molecule has 0 aliphatic heterocycles. The zero-order valence-electron chi connectivity index (χ0n) is 15.3. The van der Waals surface area contributed by atoms with E-state index in [1.54, 1.807) is 31.2 Å². The third-order valence-electron chi connectivity index (χ3n) is 4.84. The fourth-order valence-electron chi connectivity index (χ4n) is 3.24. The van der Waals surface area contributed by atoms with Crippen LogP contribution in [0.15, 0.2) is 48.5 Å². The van der Waals surface area contributed by atoms with Gasteiger partial charge >= 0.3 is 11.9 Å². The molecule has 142 valence electrons. The summed E-state index contributed by atoms with van der Waals surface area (Å²) >= 11 is 0. The molecule has 4 nitrogen and oxygen atoms in total. The van der Waals surface area contributed by atoms with E-state index in [2.05, 4.69) is 0 Å². The summed E-state index contributed by atoms with van der Waals surface area (Å²) in [5, 5.41) is 0. The molecule has 0 unspecified atom stereocenters. The largest absolute Gasteiger partial charge is 0.462 e. The Morgan fingerprint density at radius 1 is 0.926 bits per heavy atom. The Labute approximate surface area is 158 Å². The van der Waals surface area contributed by atoms with E-state index in [0.717, 1.165) is 11.1 Å². The molecule has 1 fully saturated rings. The smallest absolute Gasteiger partial charge is 0.314 e. The lowest BCUT2D eigenvalue weighted by Crippen LogP contribution is -2.30. The van der Waals surface area contributed by atoms with Crippen LogP contribution in [0.4, 0.5) is 4.39 Å². The first kappa shape index (κ1) is 19.1. The number of benzene rings is 2.